The van der Waals surface area contributed by atoms with Gasteiger partial charge in [0.05, 0.1) is 0 Å². The normalized spacial score (nSPS) is 32.5. The minimum absolute atomic E-state index is 0.0521. The first-order valence-corrected chi connectivity index (χ1v) is 8.59. The van der Waals surface area contributed by atoms with E-state index < -0.39 is 0 Å². The number of hydrogen-bond acceptors (Lipinski definition) is 4. The van der Waals surface area contributed by atoms with Gasteiger partial charge < -0.3 is 9.69 Å². The van der Waals surface area contributed by atoms with Crippen molar-refractivity contribution in [1.82, 2.24) is 14.7 Å². The van der Waals surface area contributed by atoms with Gasteiger partial charge in [-0.2, -0.15) is 0 Å². The Morgan fingerprint density at radius 1 is 1.19 bits per heavy atom. The van der Waals surface area contributed by atoms with Crippen molar-refractivity contribution >= 4 is 6.29 Å². The molecule has 122 valence electrons. The molecule has 4 heteroatoms. The molecule has 21 heavy (non-hydrogen) atoms. The summed E-state index contributed by atoms with van der Waals surface area (Å²) in [6, 6.07) is 0. The van der Waals surface area contributed by atoms with Gasteiger partial charge in [-0.1, -0.05) is 19.8 Å². The lowest BCUT2D eigenvalue weighted by Gasteiger charge is -2.42. The zero-order valence-corrected chi connectivity index (χ0v) is 14.2. The fourth-order valence-corrected chi connectivity index (χ4v) is 3.95. The van der Waals surface area contributed by atoms with E-state index in [1.54, 1.807) is 0 Å². The molecule has 0 amide bonds. The van der Waals surface area contributed by atoms with Crippen molar-refractivity contribution in [2.75, 3.05) is 59.9 Å². The fraction of sp³-hybridized carbons (Fsp3) is 0.941. The van der Waals surface area contributed by atoms with Crippen molar-refractivity contribution in [1.29, 1.82) is 0 Å². The molecule has 0 aromatic rings. The topological polar surface area (TPSA) is 26.8 Å². The molecule has 0 spiro atoms. The second-order valence-corrected chi connectivity index (χ2v) is 7.60. The SMILES string of the molecule is CC1CCCC(C=O)(CN2CCN(CCN(C)C)CC2)C1. The van der Waals surface area contributed by atoms with E-state index in [2.05, 4.69) is 35.7 Å². The van der Waals surface area contributed by atoms with Gasteiger partial charge >= 0.3 is 0 Å². The second kappa shape index (κ2) is 7.70. The van der Waals surface area contributed by atoms with Gasteiger partial charge in [0.2, 0.25) is 0 Å². The van der Waals surface area contributed by atoms with Crippen molar-refractivity contribution in [3.63, 3.8) is 0 Å². The van der Waals surface area contributed by atoms with Crippen molar-refractivity contribution in [2.45, 2.75) is 32.6 Å². The second-order valence-electron chi connectivity index (χ2n) is 7.60. The van der Waals surface area contributed by atoms with Gasteiger partial charge in [-0.15, -0.1) is 0 Å². The summed E-state index contributed by atoms with van der Waals surface area (Å²) in [6.07, 6.45) is 6.00. The molecule has 4 nitrogen and oxygen atoms in total. The summed E-state index contributed by atoms with van der Waals surface area (Å²) in [4.78, 5) is 19.0. The first-order chi connectivity index (χ1) is 10.0. The molecule has 2 aliphatic rings. The summed E-state index contributed by atoms with van der Waals surface area (Å²) in [5.41, 5.74) is -0.0521. The summed E-state index contributed by atoms with van der Waals surface area (Å²) in [6.45, 7) is 10.1. The van der Waals surface area contributed by atoms with Gasteiger partial charge in [0.1, 0.15) is 6.29 Å². The lowest BCUT2D eigenvalue weighted by Crippen LogP contribution is -2.51. The number of nitrogens with zero attached hydrogens (tertiary/aromatic N) is 3. The average Bonchev–Trinajstić information content (AvgIpc) is 2.46. The van der Waals surface area contributed by atoms with Crippen LogP contribution < -0.4 is 0 Å². The highest BCUT2D eigenvalue weighted by Crippen LogP contribution is 2.38. The van der Waals surface area contributed by atoms with Crippen LogP contribution in [0.15, 0.2) is 0 Å². The van der Waals surface area contributed by atoms with Gasteiger partial charge in [-0.25, -0.2) is 0 Å². The van der Waals surface area contributed by atoms with Crippen molar-refractivity contribution in [2.24, 2.45) is 11.3 Å². The molecule has 2 rings (SSSR count). The maximum absolute atomic E-state index is 11.7. The Hall–Kier alpha value is -0.450. The number of likely N-dealkylation sites (N-methyl/N-ethyl adjacent to an activating group) is 1. The molecule has 0 radical (unpaired) electrons. The van der Waals surface area contributed by atoms with Gasteiger partial charge in [0.15, 0.2) is 0 Å². The lowest BCUT2D eigenvalue weighted by atomic mass is 9.70. The monoisotopic (exact) mass is 295 g/mol. The van der Waals surface area contributed by atoms with Crippen molar-refractivity contribution in [3.8, 4) is 0 Å². The van der Waals surface area contributed by atoms with Crippen molar-refractivity contribution in [3.05, 3.63) is 0 Å². The smallest absolute Gasteiger partial charge is 0.127 e. The summed E-state index contributed by atoms with van der Waals surface area (Å²) in [5.74, 6) is 0.713. The van der Waals surface area contributed by atoms with Crippen LogP contribution in [0.5, 0.6) is 0 Å². The number of rotatable bonds is 6. The zero-order valence-electron chi connectivity index (χ0n) is 14.2. The molecule has 0 aromatic carbocycles. The molecule has 0 N–H and O–H groups in total. The molecule has 1 heterocycles. The minimum Gasteiger partial charge on any atom is -0.308 e. The number of piperazine rings is 1. The van der Waals surface area contributed by atoms with E-state index in [4.69, 9.17) is 0 Å². The number of carbonyl (C=O) groups excluding carboxylic acids is 1. The molecular formula is C17H33N3O. The maximum Gasteiger partial charge on any atom is 0.127 e. The van der Waals surface area contributed by atoms with E-state index in [1.165, 1.54) is 19.1 Å². The quantitative estimate of drug-likeness (QED) is 0.695. The van der Waals surface area contributed by atoms with E-state index >= 15 is 0 Å². The lowest BCUT2D eigenvalue weighted by molar-refractivity contribution is -0.120. The molecule has 2 fully saturated rings. The number of carbonyl (C=O) groups is 1. The molecule has 1 saturated carbocycles. The predicted octanol–water partition coefficient (Wildman–Crippen LogP) is 1.56. The Kier molecular flexibility index (Phi) is 6.20. The highest BCUT2D eigenvalue weighted by Gasteiger charge is 2.36. The fourth-order valence-electron chi connectivity index (χ4n) is 3.95. The molecule has 0 bridgehead atoms. The van der Waals surface area contributed by atoms with Crippen molar-refractivity contribution < 1.29 is 4.79 Å². The summed E-state index contributed by atoms with van der Waals surface area (Å²) in [5, 5.41) is 0. The third-order valence-corrected chi connectivity index (χ3v) is 5.24. The van der Waals surface area contributed by atoms with Gasteiger partial charge in [-0.3, -0.25) is 9.80 Å². The van der Waals surface area contributed by atoms with E-state index in [0.29, 0.717) is 5.92 Å². The van der Waals surface area contributed by atoms with E-state index in [9.17, 15) is 4.79 Å². The average molecular weight is 295 g/mol. The van der Waals surface area contributed by atoms with E-state index in [-0.39, 0.29) is 5.41 Å². The molecule has 2 unspecified atom stereocenters. The third-order valence-electron chi connectivity index (χ3n) is 5.24. The Morgan fingerprint density at radius 3 is 2.43 bits per heavy atom. The standard InChI is InChI=1S/C17H33N3O/c1-16-5-4-6-17(13-16,15-21)14-20-11-9-19(10-12-20)8-7-18(2)3/h15-16H,4-14H2,1-3H3. The highest BCUT2D eigenvalue weighted by molar-refractivity contribution is 5.60. The summed E-state index contributed by atoms with van der Waals surface area (Å²) < 4.78 is 0. The Labute approximate surface area is 130 Å². The van der Waals surface area contributed by atoms with Crippen LogP contribution in [0.1, 0.15) is 32.6 Å². The van der Waals surface area contributed by atoms with Crippen LogP contribution >= 0.6 is 0 Å². The summed E-state index contributed by atoms with van der Waals surface area (Å²) >= 11 is 0. The van der Waals surface area contributed by atoms with Crippen LogP contribution in [-0.2, 0) is 4.79 Å². The largest absolute Gasteiger partial charge is 0.308 e. The number of aldehydes is 1. The highest BCUT2D eigenvalue weighted by atomic mass is 16.1. The van der Waals surface area contributed by atoms with Crippen LogP contribution in [0.25, 0.3) is 0 Å². The van der Waals surface area contributed by atoms with Gasteiger partial charge in [-0.05, 0) is 32.9 Å². The Balaban J connectivity index is 1.78. The first kappa shape index (κ1) is 16.9. The molecule has 1 aliphatic carbocycles. The van der Waals surface area contributed by atoms with Gasteiger partial charge in [0, 0.05) is 51.2 Å². The zero-order chi connectivity index (χ0) is 15.3. The molecule has 2 atom stereocenters. The number of hydrogen-bond donors (Lipinski definition) is 0. The van der Waals surface area contributed by atoms with Crippen LogP contribution in [0.4, 0.5) is 0 Å². The van der Waals surface area contributed by atoms with Crippen LogP contribution in [-0.4, -0.2) is 80.9 Å². The Bertz CT molecular complexity index is 326. The predicted molar refractivity (Wildman–Crippen MR) is 87.6 cm³/mol. The molecule has 1 saturated heterocycles. The van der Waals surface area contributed by atoms with E-state index in [0.717, 1.165) is 58.7 Å². The third kappa shape index (κ3) is 5.04. The molecule has 1 aliphatic heterocycles. The van der Waals surface area contributed by atoms with Crippen LogP contribution in [0.3, 0.4) is 0 Å². The minimum atomic E-state index is -0.0521. The molecule has 0 aromatic heterocycles. The van der Waals surface area contributed by atoms with Crippen LogP contribution in [0.2, 0.25) is 0 Å². The van der Waals surface area contributed by atoms with Crippen LogP contribution in [0, 0.1) is 11.3 Å². The van der Waals surface area contributed by atoms with E-state index in [1.807, 2.05) is 0 Å². The summed E-state index contributed by atoms with van der Waals surface area (Å²) in [7, 11) is 4.27. The Morgan fingerprint density at radius 2 is 1.86 bits per heavy atom. The maximum atomic E-state index is 11.7. The first-order valence-electron chi connectivity index (χ1n) is 8.59. The van der Waals surface area contributed by atoms with Gasteiger partial charge in [0.25, 0.3) is 0 Å². The molecular weight excluding hydrogens is 262 g/mol.